The lowest BCUT2D eigenvalue weighted by Crippen LogP contribution is -2.29. The first-order chi connectivity index (χ1) is 11.7. The molecule has 0 spiro atoms. The number of carbonyl (C=O) groups is 1. The van der Waals surface area contributed by atoms with Crippen LogP contribution in [0.5, 0.6) is 11.5 Å². The summed E-state index contributed by atoms with van der Waals surface area (Å²) in [4.78, 5) is 19.2. The van der Waals surface area contributed by atoms with E-state index in [4.69, 9.17) is 9.47 Å². The highest BCUT2D eigenvalue weighted by molar-refractivity contribution is 8.18. The van der Waals surface area contributed by atoms with E-state index in [2.05, 4.69) is 18.2 Å². The predicted molar refractivity (Wildman–Crippen MR) is 97.4 cm³/mol. The molecule has 0 N–H and O–H groups in total. The van der Waals surface area contributed by atoms with Crippen LogP contribution < -0.4 is 9.47 Å². The van der Waals surface area contributed by atoms with Gasteiger partial charge in [0.25, 0.3) is 5.91 Å². The molecule has 0 saturated carbocycles. The van der Waals surface area contributed by atoms with Crippen LogP contribution in [-0.2, 0) is 4.79 Å². The molecule has 24 heavy (non-hydrogen) atoms. The molecule has 2 heterocycles. The van der Waals surface area contributed by atoms with Gasteiger partial charge in [-0.1, -0.05) is 18.2 Å². The zero-order valence-electron chi connectivity index (χ0n) is 13.2. The number of hydrogen-bond donors (Lipinski definition) is 0. The van der Waals surface area contributed by atoms with Gasteiger partial charge in [-0.3, -0.25) is 14.7 Å². The van der Waals surface area contributed by atoms with Gasteiger partial charge in [-0.25, -0.2) is 0 Å². The minimum atomic E-state index is -0.0717. The van der Waals surface area contributed by atoms with Gasteiger partial charge in [0.1, 0.15) is 13.2 Å². The third kappa shape index (κ3) is 3.38. The second kappa shape index (κ2) is 7.40. The number of fused-ring (bicyclic) bond motifs is 1. The SMILES string of the molecule is C=CCN=C1S/C(=C\c2ccc3c(c2)OCCO3)C(=O)N1CC=C. The van der Waals surface area contributed by atoms with Crippen molar-refractivity contribution in [2.24, 2.45) is 4.99 Å². The normalized spacial score (nSPS) is 19.8. The summed E-state index contributed by atoms with van der Waals surface area (Å²) in [5, 5.41) is 0.670. The smallest absolute Gasteiger partial charge is 0.267 e. The Bertz CT molecular complexity index is 740. The van der Waals surface area contributed by atoms with E-state index in [1.807, 2.05) is 24.3 Å². The summed E-state index contributed by atoms with van der Waals surface area (Å²) < 4.78 is 11.1. The van der Waals surface area contributed by atoms with E-state index >= 15 is 0 Å². The molecule has 5 nitrogen and oxygen atoms in total. The summed E-state index contributed by atoms with van der Waals surface area (Å²) in [5.41, 5.74) is 0.888. The number of aliphatic imine (C=N–C) groups is 1. The molecule has 1 aromatic rings. The average molecular weight is 342 g/mol. The van der Waals surface area contributed by atoms with Crippen LogP contribution in [0.25, 0.3) is 6.08 Å². The van der Waals surface area contributed by atoms with Crippen LogP contribution in [0.15, 0.2) is 53.4 Å². The number of nitrogens with zero attached hydrogens (tertiary/aromatic N) is 2. The van der Waals surface area contributed by atoms with Crippen LogP contribution in [0.1, 0.15) is 5.56 Å². The van der Waals surface area contributed by atoms with Gasteiger partial charge >= 0.3 is 0 Å². The first-order valence-electron chi connectivity index (χ1n) is 7.60. The zero-order valence-corrected chi connectivity index (χ0v) is 14.1. The number of thioether (sulfide) groups is 1. The molecule has 0 atom stereocenters. The Morgan fingerprint density at radius 2 is 2.00 bits per heavy atom. The fourth-order valence-electron chi connectivity index (χ4n) is 2.36. The fourth-order valence-corrected chi connectivity index (χ4v) is 3.36. The first-order valence-corrected chi connectivity index (χ1v) is 8.42. The topological polar surface area (TPSA) is 51.1 Å². The molecule has 0 aromatic heterocycles. The molecule has 1 aromatic carbocycles. The lowest BCUT2D eigenvalue weighted by molar-refractivity contribution is -0.121. The maximum absolute atomic E-state index is 12.6. The molecular weight excluding hydrogens is 324 g/mol. The van der Waals surface area contributed by atoms with Crippen LogP contribution in [0.3, 0.4) is 0 Å². The fraction of sp³-hybridized carbons (Fsp3) is 0.222. The summed E-state index contributed by atoms with van der Waals surface area (Å²) >= 11 is 1.36. The standard InChI is InChI=1S/C18H18N2O3S/c1-3-7-19-18-20(8-4-2)17(21)16(24-18)12-13-5-6-14-15(11-13)23-10-9-22-14/h3-6,11-12H,1-2,7-10H2/b16-12-,19-18?. The third-order valence-electron chi connectivity index (χ3n) is 3.42. The van der Waals surface area contributed by atoms with E-state index in [0.717, 1.165) is 11.3 Å². The number of hydrogen-bond acceptors (Lipinski definition) is 5. The Labute approximate surface area is 145 Å². The number of amides is 1. The van der Waals surface area contributed by atoms with Crippen molar-refractivity contribution in [1.82, 2.24) is 4.90 Å². The van der Waals surface area contributed by atoms with Gasteiger partial charge in [0.15, 0.2) is 16.7 Å². The van der Waals surface area contributed by atoms with Crippen LogP contribution in [0, 0.1) is 0 Å². The lowest BCUT2D eigenvalue weighted by Gasteiger charge is -2.18. The Morgan fingerprint density at radius 3 is 2.75 bits per heavy atom. The highest BCUT2D eigenvalue weighted by Gasteiger charge is 2.32. The van der Waals surface area contributed by atoms with E-state index < -0.39 is 0 Å². The Morgan fingerprint density at radius 1 is 1.21 bits per heavy atom. The average Bonchev–Trinajstić information content (AvgIpc) is 2.89. The molecule has 0 aliphatic carbocycles. The second-order valence-corrected chi connectivity index (χ2v) is 6.14. The van der Waals surface area contributed by atoms with Crippen molar-refractivity contribution >= 4 is 28.9 Å². The van der Waals surface area contributed by atoms with Crippen LogP contribution in [-0.4, -0.2) is 42.3 Å². The number of ether oxygens (including phenoxy) is 2. The van der Waals surface area contributed by atoms with Gasteiger partial charge < -0.3 is 9.47 Å². The molecule has 1 amide bonds. The van der Waals surface area contributed by atoms with E-state index in [1.54, 1.807) is 17.1 Å². The molecule has 1 saturated heterocycles. The second-order valence-electron chi connectivity index (χ2n) is 5.13. The predicted octanol–water partition coefficient (Wildman–Crippen LogP) is 3.10. The number of amidine groups is 1. The summed E-state index contributed by atoms with van der Waals surface area (Å²) in [6, 6.07) is 5.65. The lowest BCUT2D eigenvalue weighted by atomic mass is 10.1. The Balaban J connectivity index is 1.88. The maximum atomic E-state index is 12.6. The van der Waals surface area contributed by atoms with E-state index in [-0.39, 0.29) is 5.91 Å². The highest BCUT2D eigenvalue weighted by Crippen LogP contribution is 2.35. The van der Waals surface area contributed by atoms with Gasteiger partial charge in [-0.2, -0.15) is 0 Å². The van der Waals surface area contributed by atoms with Crippen LogP contribution in [0.4, 0.5) is 0 Å². The van der Waals surface area contributed by atoms with Crippen molar-refractivity contribution in [3.8, 4) is 11.5 Å². The largest absolute Gasteiger partial charge is 0.486 e. The van der Waals surface area contributed by atoms with Crippen LogP contribution >= 0.6 is 11.8 Å². The summed E-state index contributed by atoms with van der Waals surface area (Å²) in [6.45, 7) is 9.36. The molecule has 0 bridgehead atoms. The summed E-state index contributed by atoms with van der Waals surface area (Å²) in [5.74, 6) is 1.36. The van der Waals surface area contributed by atoms with Gasteiger partial charge in [0.05, 0.1) is 11.4 Å². The molecule has 6 heteroatoms. The molecular formula is C18H18N2O3S. The first kappa shape index (κ1) is 16.4. The summed E-state index contributed by atoms with van der Waals surface area (Å²) in [6.07, 6.45) is 5.24. The zero-order chi connectivity index (χ0) is 16.9. The molecule has 3 rings (SSSR count). The van der Waals surface area contributed by atoms with E-state index in [9.17, 15) is 4.79 Å². The molecule has 2 aliphatic heterocycles. The van der Waals surface area contributed by atoms with Gasteiger partial charge in [-0.15, -0.1) is 13.2 Å². The van der Waals surface area contributed by atoms with Crippen molar-refractivity contribution in [3.05, 3.63) is 54.0 Å². The monoisotopic (exact) mass is 342 g/mol. The van der Waals surface area contributed by atoms with Crippen molar-refractivity contribution in [2.75, 3.05) is 26.3 Å². The van der Waals surface area contributed by atoms with Gasteiger partial charge in [0.2, 0.25) is 0 Å². The third-order valence-corrected chi connectivity index (χ3v) is 4.46. The minimum absolute atomic E-state index is 0.0717. The number of carbonyl (C=O) groups excluding carboxylic acids is 1. The van der Waals surface area contributed by atoms with E-state index in [1.165, 1.54) is 11.8 Å². The molecule has 1 fully saturated rings. The minimum Gasteiger partial charge on any atom is -0.486 e. The number of benzene rings is 1. The Hall–Kier alpha value is -2.47. The molecule has 124 valence electrons. The van der Waals surface area contributed by atoms with Crippen molar-refractivity contribution < 1.29 is 14.3 Å². The van der Waals surface area contributed by atoms with Gasteiger partial charge in [-0.05, 0) is 35.5 Å². The van der Waals surface area contributed by atoms with Crippen molar-refractivity contribution in [2.45, 2.75) is 0 Å². The molecule has 0 unspecified atom stereocenters. The van der Waals surface area contributed by atoms with Crippen molar-refractivity contribution in [3.63, 3.8) is 0 Å². The van der Waals surface area contributed by atoms with Gasteiger partial charge in [0, 0.05) is 6.54 Å². The summed E-state index contributed by atoms with van der Waals surface area (Å²) in [7, 11) is 0. The quantitative estimate of drug-likeness (QED) is 0.609. The maximum Gasteiger partial charge on any atom is 0.267 e. The molecule has 0 radical (unpaired) electrons. The van der Waals surface area contributed by atoms with E-state index in [0.29, 0.717) is 42.1 Å². The van der Waals surface area contributed by atoms with Crippen molar-refractivity contribution in [1.29, 1.82) is 0 Å². The Kier molecular flexibility index (Phi) is 5.05. The number of rotatable bonds is 5. The highest BCUT2D eigenvalue weighted by atomic mass is 32.2. The van der Waals surface area contributed by atoms with Crippen LogP contribution in [0.2, 0.25) is 0 Å². The molecule has 2 aliphatic rings.